The van der Waals surface area contributed by atoms with Gasteiger partial charge < -0.3 is 15.5 Å². The summed E-state index contributed by atoms with van der Waals surface area (Å²) in [6.45, 7) is 6.74. The normalized spacial score (nSPS) is 17.6. The van der Waals surface area contributed by atoms with Crippen LogP contribution in [0.5, 0.6) is 0 Å². The summed E-state index contributed by atoms with van der Waals surface area (Å²) in [7, 11) is 2.00. The van der Waals surface area contributed by atoms with E-state index < -0.39 is 0 Å². The molecule has 21 heavy (non-hydrogen) atoms. The average Bonchev–Trinajstić information content (AvgIpc) is 2.52. The van der Waals surface area contributed by atoms with Gasteiger partial charge in [0.1, 0.15) is 0 Å². The Kier molecular flexibility index (Phi) is 5.62. The quantitative estimate of drug-likeness (QED) is 0.874. The van der Waals surface area contributed by atoms with Gasteiger partial charge in [-0.2, -0.15) is 0 Å². The van der Waals surface area contributed by atoms with Gasteiger partial charge >= 0.3 is 0 Å². The molecule has 1 atom stereocenters. The molecule has 1 aromatic rings. The highest BCUT2D eigenvalue weighted by atomic mass is 16.1. The van der Waals surface area contributed by atoms with E-state index >= 15 is 0 Å². The third kappa shape index (κ3) is 4.21. The number of hydrogen-bond donors (Lipinski definition) is 2. The minimum absolute atomic E-state index is 0.0746. The van der Waals surface area contributed by atoms with E-state index in [0.717, 1.165) is 32.5 Å². The molecule has 0 aromatic heterocycles. The standard InChI is InChI=1S/C17H27N3O/c1-13(18-3)16-6-4-5-7-17(16)20-10-8-15(9-11-20)12-19-14(2)21/h4-7,13,15,18H,8-12H2,1-3H3,(H,19,21). The van der Waals surface area contributed by atoms with Crippen LogP contribution in [0.2, 0.25) is 0 Å². The fourth-order valence-corrected chi connectivity index (χ4v) is 2.96. The number of amides is 1. The predicted octanol–water partition coefficient (Wildman–Crippen LogP) is 2.32. The van der Waals surface area contributed by atoms with Crippen molar-refractivity contribution >= 4 is 11.6 Å². The van der Waals surface area contributed by atoms with Crippen LogP contribution in [0.25, 0.3) is 0 Å². The highest BCUT2D eigenvalue weighted by molar-refractivity contribution is 5.72. The van der Waals surface area contributed by atoms with Gasteiger partial charge in [-0.05, 0) is 44.4 Å². The van der Waals surface area contributed by atoms with Crippen LogP contribution >= 0.6 is 0 Å². The Hall–Kier alpha value is -1.55. The molecule has 1 unspecified atom stereocenters. The zero-order valence-electron chi connectivity index (χ0n) is 13.4. The van der Waals surface area contributed by atoms with Crippen LogP contribution < -0.4 is 15.5 Å². The zero-order chi connectivity index (χ0) is 15.2. The summed E-state index contributed by atoms with van der Waals surface area (Å²) in [6.07, 6.45) is 2.28. The van der Waals surface area contributed by atoms with Crippen molar-refractivity contribution in [3.63, 3.8) is 0 Å². The van der Waals surface area contributed by atoms with Crippen LogP contribution in [-0.4, -0.2) is 32.6 Å². The number of rotatable bonds is 5. The fraction of sp³-hybridized carbons (Fsp3) is 0.588. The van der Waals surface area contributed by atoms with Crippen molar-refractivity contribution in [3.8, 4) is 0 Å². The smallest absolute Gasteiger partial charge is 0.216 e. The molecule has 0 aliphatic carbocycles. The van der Waals surface area contributed by atoms with Crippen LogP contribution in [0.15, 0.2) is 24.3 Å². The summed E-state index contributed by atoms with van der Waals surface area (Å²) in [5, 5.41) is 6.27. The van der Waals surface area contributed by atoms with Gasteiger partial charge in [0.25, 0.3) is 0 Å². The SMILES string of the molecule is CNC(C)c1ccccc1N1CCC(CNC(C)=O)CC1. The number of anilines is 1. The van der Waals surface area contributed by atoms with Crippen molar-refractivity contribution in [2.45, 2.75) is 32.7 Å². The maximum atomic E-state index is 11.0. The van der Waals surface area contributed by atoms with E-state index in [-0.39, 0.29) is 5.91 Å². The summed E-state index contributed by atoms with van der Waals surface area (Å²) < 4.78 is 0. The van der Waals surface area contributed by atoms with Gasteiger partial charge in [-0.1, -0.05) is 18.2 Å². The highest BCUT2D eigenvalue weighted by Gasteiger charge is 2.21. The maximum Gasteiger partial charge on any atom is 0.216 e. The Balaban J connectivity index is 1.97. The number of carbonyl (C=O) groups excluding carboxylic acids is 1. The number of nitrogens with one attached hydrogen (secondary N) is 2. The molecule has 1 fully saturated rings. The first kappa shape index (κ1) is 15.8. The third-order valence-electron chi connectivity index (χ3n) is 4.43. The molecule has 1 saturated heterocycles. The Morgan fingerprint density at radius 2 is 2.00 bits per heavy atom. The van der Waals surface area contributed by atoms with Crippen molar-refractivity contribution in [2.75, 3.05) is 31.6 Å². The highest BCUT2D eigenvalue weighted by Crippen LogP contribution is 2.29. The van der Waals surface area contributed by atoms with E-state index in [1.54, 1.807) is 6.92 Å². The first-order valence-corrected chi connectivity index (χ1v) is 7.87. The Morgan fingerprint density at radius 3 is 2.62 bits per heavy atom. The lowest BCUT2D eigenvalue weighted by molar-refractivity contribution is -0.119. The second-order valence-corrected chi connectivity index (χ2v) is 5.94. The van der Waals surface area contributed by atoms with Crippen LogP contribution in [0.4, 0.5) is 5.69 Å². The maximum absolute atomic E-state index is 11.0. The summed E-state index contributed by atoms with van der Waals surface area (Å²) in [6, 6.07) is 9.01. The average molecular weight is 289 g/mol. The second-order valence-electron chi connectivity index (χ2n) is 5.94. The monoisotopic (exact) mass is 289 g/mol. The van der Waals surface area contributed by atoms with Crippen LogP contribution in [0.1, 0.15) is 38.3 Å². The second kappa shape index (κ2) is 7.46. The van der Waals surface area contributed by atoms with Crippen LogP contribution in [0.3, 0.4) is 0 Å². The van der Waals surface area contributed by atoms with E-state index in [9.17, 15) is 4.79 Å². The predicted molar refractivity (Wildman–Crippen MR) is 87.5 cm³/mol. The molecule has 1 aromatic carbocycles. The van der Waals surface area contributed by atoms with E-state index in [1.165, 1.54) is 11.3 Å². The topological polar surface area (TPSA) is 44.4 Å². The number of nitrogens with zero attached hydrogens (tertiary/aromatic N) is 1. The molecule has 0 radical (unpaired) electrons. The van der Waals surface area contributed by atoms with Crippen LogP contribution in [0, 0.1) is 5.92 Å². The Morgan fingerprint density at radius 1 is 1.33 bits per heavy atom. The largest absolute Gasteiger partial charge is 0.371 e. The van der Waals surface area contributed by atoms with Crippen molar-refractivity contribution in [3.05, 3.63) is 29.8 Å². The number of piperidine rings is 1. The van der Waals surface area contributed by atoms with Gasteiger partial charge in [-0.3, -0.25) is 4.79 Å². The lowest BCUT2D eigenvalue weighted by atomic mass is 9.95. The molecular formula is C17H27N3O. The molecule has 0 spiro atoms. The van der Waals surface area contributed by atoms with Gasteiger partial charge in [-0.15, -0.1) is 0 Å². The molecule has 1 aliphatic heterocycles. The van der Waals surface area contributed by atoms with E-state index in [4.69, 9.17) is 0 Å². The molecule has 1 amide bonds. The van der Waals surface area contributed by atoms with Gasteiger partial charge in [-0.25, -0.2) is 0 Å². The third-order valence-corrected chi connectivity index (χ3v) is 4.43. The number of carbonyl (C=O) groups is 1. The summed E-state index contributed by atoms with van der Waals surface area (Å²) in [5.41, 5.74) is 2.71. The van der Waals surface area contributed by atoms with E-state index in [0.29, 0.717) is 12.0 Å². The van der Waals surface area contributed by atoms with E-state index in [2.05, 4.69) is 46.7 Å². The Labute approximate surface area is 127 Å². The lowest BCUT2D eigenvalue weighted by Crippen LogP contribution is -2.38. The molecule has 2 N–H and O–H groups in total. The van der Waals surface area contributed by atoms with Gasteiger partial charge in [0.05, 0.1) is 0 Å². The van der Waals surface area contributed by atoms with E-state index in [1.807, 2.05) is 7.05 Å². The zero-order valence-corrected chi connectivity index (χ0v) is 13.4. The fourth-order valence-electron chi connectivity index (χ4n) is 2.96. The molecule has 1 heterocycles. The Bertz CT molecular complexity index is 467. The minimum atomic E-state index is 0.0746. The molecule has 4 heteroatoms. The summed E-state index contributed by atoms with van der Waals surface area (Å²) >= 11 is 0. The van der Waals surface area contributed by atoms with Gasteiger partial charge in [0, 0.05) is 38.3 Å². The first-order valence-electron chi connectivity index (χ1n) is 7.87. The molecule has 1 aliphatic rings. The summed E-state index contributed by atoms with van der Waals surface area (Å²) in [5.74, 6) is 0.685. The van der Waals surface area contributed by atoms with Crippen molar-refractivity contribution in [1.82, 2.24) is 10.6 Å². The number of hydrogen-bond acceptors (Lipinski definition) is 3. The molecular weight excluding hydrogens is 262 g/mol. The summed E-state index contributed by atoms with van der Waals surface area (Å²) in [4.78, 5) is 13.5. The molecule has 4 nitrogen and oxygen atoms in total. The van der Waals surface area contributed by atoms with Crippen LogP contribution in [-0.2, 0) is 4.79 Å². The number of benzene rings is 1. The molecule has 2 rings (SSSR count). The minimum Gasteiger partial charge on any atom is -0.371 e. The molecule has 0 saturated carbocycles. The van der Waals surface area contributed by atoms with Crippen molar-refractivity contribution < 1.29 is 4.79 Å². The molecule has 116 valence electrons. The molecule has 0 bridgehead atoms. The van der Waals surface area contributed by atoms with Gasteiger partial charge in [0.15, 0.2) is 0 Å². The number of para-hydroxylation sites is 1. The first-order chi connectivity index (χ1) is 10.1. The van der Waals surface area contributed by atoms with Gasteiger partial charge in [0.2, 0.25) is 5.91 Å². The van der Waals surface area contributed by atoms with Crippen molar-refractivity contribution in [2.24, 2.45) is 5.92 Å². The lowest BCUT2D eigenvalue weighted by Gasteiger charge is -2.35. The van der Waals surface area contributed by atoms with Crippen molar-refractivity contribution in [1.29, 1.82) is 0 Å².